The number of benzene rings is 2. The number of nitrogens with one attached hydrogen (secondary N) is 2. The number of thioether (sulfide) groups is 1. The fourth-order valence-electron chi connectivity index (χ4n) is 4.21. The highest BCUT2D eigenvalue weighted by Crippen LogP contribution is 2.24. The Kier molecular flexibility index (Phi) is 7.27. The molecule has 2 aromatic carbocycles. The predicted molar refractivity (Wildman–Crippen MR) is 128 cm³/mol. The van der Waals surface area contributed by atoms with E-state index < -0.39 is 0 Å². The van der Waals surface area contributed by atoms with Crippen LogP contribution >= 0.6 is 11.8 Å². The minimum absolute atomic E-state index is 0.130. The van der Waals surface area contributed by atoms with Crippen LogP contribution in [0.4, 0.5) is 0 Å². The van der Waals surface area contributed by atoms with Crippen molar-refractivity contribution in [1.82, 2.24) is 25.3 Å². The maximum absolute atomic E-state index is 12.9. The first-order chi connectivity index (χ1) is 15.2. The summed E-state index contributed by atoms with van der Waals surface area (Å²) in [7, 11) is 1.91. The molecule has 0 bridgehead atoms. The molecule has 1 amide bonds. The van der Waals surface area contributed by atoms with Gasteiger partial charge in [0.15, 0.2) is 0 Å². The Balaban J connectivity index is 1.28. The predicted octanol–water partition coefficient (Wildman–Crippen LogP) is 3.75. The minimum Gasteiger partial charge on any atom is -0.344 e. The number of likely N-dealkylation sites (N-methyl/N-ethyl adjacent to an activating group) is 1. The van der Waals surface area contributed by atoms with Crippen LogP contribution in [0.3, 0.4) is 0 Å². The number of hydrogen-bond acceptors (Lipinski definition) is 5. The highest BCUT2D eigenvalue weighted by molar-refractivity contribution is 7.97. The molecule has 0 spiro atoms. The van der Waals surface area contributed by atoms with Gasteiger partial charge >= 0.3 is 0 Å². The maximum Gasteiger partial charge on any atom is 0.242 e. The molecule has 2 N–H and O–H groups in total. The molecule has 1 aliphatic rings. The molecule has 1 aliphatic heterocycles. The Hall–Kier alpha value is -2.35. The summed E-state index contributed by atoms with van der Waals surface area (Å²) in [5, 5.41) is 0. The van der Waals surface area contributed by atoms with Crippen LogP contribution in [0.1, 0.15) is 36.7 Å². The molecule has 2 atom stereocenters. The molecule has 1 saturated heterocycles. The Morgan fingerprint density at radius 1 is 1.16 bits per heavy atom. The molecule has 0 aliphatic carbocycles. The average molecular weight is 438 g/mol. The lowest BCUT2D eigenvalue weighted by Crippen LogP contribution is -2.34. The van der Waals surface area contributed by atoms with E-state index in [0.717, 1.165) is 48.4 Å². The number of carbonyl (C=O) groups excluding carboxylic acids is 1. The third-order valence-electron chi connectivity index (χ3n) is 5.96. The van der Waals surface area contributed by atoms with Crippen LogP contribution in [-0.4, -0.2) is 46.2 Å². The van der Waals surface area contributed by atoms with E-state index in [4.69, 9.17) is 4.98 Å². The van der Waals surface area contributed by atoms with Gasteiger partial charge in [-0.05, 0) is 43.2 Å². The molecule has 1 fully saturated rings. The lowest BCUT2D eigenvalue weighted by atomic mass is 10.00. The van der Waals surface area contributed by atoms with E-state index in [2.05, 4.69) is 45.9 Å². The Bertz CT molecular complexity index is 1010. The first-order valence-corrected chi connectivity index (χ1v) is 12.3. The molecule has 0 saturated carbocycles. The van der Waals surface area contributed by atoms with Crippen LogP contribution < -0.4 is 10.9 Å². The molecular formula is C24H31N5OS. The van der Waals surface area contributed by atoms with Gasteiger partial charge < -0.3 is 9.47 Å². The number of imidazole rings is 1. The molecule has 0 radical (unpaired) electrons. The lowest BCUT2D eigenvalue weighted by Gasteiger charge is -2.19. The van der Waals surface area contributed by atoms with Crippen LogP contribution in [0.15, 0.2) is 54.6 Å². The largest absolute Gasteiger partial charge is 0.344 e. The zero-order valence-electron chi connectivity index (χ0n) is 18.3. The third-order valence-corrected chi connectivity index (χ3v) is 6.50. The minimum atomic E-state index is 0.130. The summed E-state index contributed by atoms with van der Waals surface area (Å²) in [5.41, 5.74) is 10.1. The van der Waals surface area contributed by atoms with Gasteiger partial charge in [-0.2, -0.15) is 11.8 Å². The van der Waals surface area contributed by atoms with Gasteiger partial charge in [0.2, 0.25) is 5.91 Å². The van der Waals surface area contributed by atoms with Gasteiger partial charge in [-0.3, -0.25) is 15.6 Å². The summed E-state index contributed by atoms with van der Waals surface area (Å²) in [6.07, 6.45) is 5.15. The molecule has 2 heterocycles. The summed E-state index contributed by atoms with van der Waals surface area (Å²) in [6, 6.07) is 19.4. The van der Waals surface area contributed by atoms with Crippen molar-refractivity contribution in [3.8, 4) is 0 Å². The molecule has 164 valence electrons. The normalized spacial score (nSPS) is 18.5. The molecule has 4 rings (SSSR count). The van der Waals surface area contributed by atoms with Gasteiger partial charge in [0, 0.05) is 25.7 Å². The fourth-order valence-corrected chi connectivity index (χ4v) is 4.69. The van der Waals surface area contributed by atoms with Crippen LogP contribution in [-0.2, 0) is 17.1 Å². The second-order valence-corrected chi connectivity index (χ2v) is 9.04. The van der Waals surface area contributed by atoms with Gasteiger partial charge in [0.1, 0.15) is 12.4 Å². The number of para-hydroxylation sites is 2. The van der Waals surface area contributed by atoms with Crippen molar-refractivity contribution >= 4 is 28.7 Å². The second-order valence-electron chi connectivity index (χ2n) is 8.18. The number of hydrogen-bond donors (Lipinski definition) is 2. The van der Waals surface area contributed by atoms with Crippen LogP contribution in [0.5, 0.6) is 0 Å². The fraction of sp³-hybridized carbons (Fsp3) is 0.417. The van der Waals surface area contributed by atoms with Crippen molar-refractivity contribution in [3.05, 3.63) is 66.0 Å². The van der Waals surface area contributed by atoms with Crippen LogP contribution in [0.25, 0.3) is 11.0 Å². The second kappa shape index (κ2) is 10.3. The smallest absolute Gasteiger partial charge is 0.242 e. The van der Waals surface area contributed by atoms with E-state index in [1.54, 1.807) is 11.8 Å². The maximum atomic E-state index is 12.9. The summed E-state index contributed by atoms with van der Waals surface area (Å²) in [6.45, 7) is 1.10. The first-order valence-electron chi connectivity index (χ1n) is 10.9. The van der Waals surface area contributed by atoms with Gasteiger partial charge in [-0.1, -0.05) is 42.5 Å². The molecule has 3 aromatic rings. The van der Waals surface area contributed by atoms with Gasteiger partial charge in [0.05, 0.1) is 16.8 Å². The van der Waals surface area contributed by atoms with Crippen molar-refractivity contribution in [2.45, 2.75) is 43.6 Å². The van der Waals surface area contributed by atoms with E-state index in [-0.39, 0.29) is 5.91 Å². The Labute approximate surface area is 188 Å². The summed E-state index contributed by atoms with van der Waals surface area (Å²) >= 11 is 1.72. The summed E-state index contributed by atoms with van der Waals surface area (Å²) < 4.78 is 2.07. The molecule has 1 aromatic heterocycles. The standard InChI is InChI=1S/C24H31N5OS/c1-28(14-8-11-19-15-21(27-26-19)18-9-4-3-5-10-18)24(30)16-29-22-13-7-6-12-20(22)25-23(29)17-31-2/h3-7,9-10,12-13,19,21,26-27H,8,11,14-17H2,1-2H3. The zero-order chi connectivity index (χ0) is 21.6. The number of fused-ring (bicyclic) bond motifs is 1. The molecule has 7 heteroatoms. The van der Waals surface area contributed by atoms with E-state index >= 15 is 0 Å². The van der Waals surface area contributed by atoms with Crippen LogP contribution in [0, 0.1) is 0 Å². The topological polar surface area (TPSA) is 62.2 Å². The van der Waals surface area contributed by atoms with Crippen LogP contribution in [0.2, 0.25) is 0 Å². The number of rotatable bonds is 9. The Morgan fingerprint density at radius 3 is 2.74 bits per heavy atom. The molecular weight excluding hydrogens is 406 g/mol. The molecule has 6 nitrogen and oxygen atoms in total. The third kappa shape index (κ3) is 5.29. The number of carbonyl (C=O) groups is 1. The lowest BCUT2D eigenvalue weighted by molar-refractivity contribution is -0.130. The SMILES string of the molecule is CSCc1nc2ccccc2n1CC(=O)N(C)CCCC1CC(c2ccccc2)NN1. The van der Waals surface area contributed by atoms with Crippen molar-refractivity contribution in [2.24, 2.45) is 0 Å². The van der Waals surface area contributed by atoms with E-state index in [1.165, 1.54) is 5.56 Å². The summed E-state index contributed by atoms with van der Waals surface area (Å²) in [4.78, 5) is 19.5. The Morgan fingerprint density at radius 2 is 1.94 bits per heavy atom. The quantitative estimate of drug-likeness (QED) is 0.534. The average Bonchev–Trinajstić information content (AvgIpc) is 3.40. The number of aromatic nitrogens is 2. The van der Waals surface area contributed by atoms with Crippen molar-refractivity contribution < 1.29 is 4.79 Å². The van der Waals surface area contributed by atoms with Gasteiger partial charge in [-0.15, -0.1) is 0 Å². The first kappa shape index (κ1) is 21.9. The van der Waals surface area contributed by atoms with E-state index in [9.17, 15) is 4.79 Å². The van der Waals surface area contributed by atoms with Gasteiger partial charge in [0.25, 0.3) is 0 Å². The van der Waals surface area contributed by atoms with E-state index in [0.29, 0.717) is 18.6 Å². The zero-order valence-corrected chi connectivity index (χ0v) is 19.1. The van der Waals surface area contributed by atoms with E-state index in [1.807, 2.05) is 42.3 Å². The highest BCUT2D eigenvalue weighted by atomic mass is 32.2. The number of nitrogens with zero attached hydrogens (tertiary/aromatic N) is 3. The van der Waals surface area contributed by atoms with Gasteiger partial charge in [-0.25, -0.2) is 4.98 Å². The number of amides is 1. The monoisotopic (exact) mass is 437 g/mol. The highest BCUT2D eigenvalue weighted by Gasteiger charge is 2.24. The van der Waals surface area contributed by atoms with Crippen molar-refractivity contribution in [1.29, 1.82) is 0 Å². The molecule has 31 heavy (non-hydrogen) atoms. The number of hydrazine groups is 1. The molecule has 2 unspecified atom stereocenters. The van der Waals surface area contributed by atoms with Crippen molar-refractivity contribution in [3.63, 3.8) is 0 Å². The summed E-state index contributed by atoms with van der Waals surface area (Å²) in [5.74, 6) is 1.89. The van der Waals surface area contributed by atoms with Crippen molar-refractivity contribution in [2.75, 3.05) is 19.8 Å².